The fourth-order valence-electron chi connectivity index (χ4n) is 7.42. The van der Waals surface area contributed by atoms with Crippen LogP contribution in [0.4, 0.5) is 0 Å². The molecule has 0 aliphatic carbocycles. The number of thiophene rings is 1. The van der Waals surface area contributed by atoms with Gasteiger partial charge >= 0.3 is 0 Å². The van der Waals surface area contributed by atoms with Gasteiger partial charge in [0.2, 0.25) is 0 Å². The second-order valence-electron chi connectivity index (χ2n) is 15.2. The lowest BCUT2D eigenvalue weighted by Gasteiger charge is -2.25. The van der Waals surface area contributed by atoms with Gasteiger partial charge in [0.05, 0.1) is 8.42 Å². The normalized spacial score (nSPS) is 11.3. The minimum absolute atomic E-state index is 0.153. The summed E-state index contributed by atoms with van der Waals surface area (Å²) in [5.74, 6) is 0. The summed E-state index contributed by atoms with van der Waals surface area (Å²) in [5.41, 5.74) is 22.0. The lowest BCUT2D eigenvalue weighted by Crippen LogP contribution is -2.48. The number of aryl methyl sites for hydroxylation is 12. The van der Waals surface area contributed by atoms with E-state index in [4.69, 9.17) is 0 Å². The van der Waals surface area contributed by atoms with Gasteiger partial charge < -0.3 is 0 Å². The van der Waals surface area contributed by atoms with Gasteiger partial charge in [-0.2, -0.15) is 0 Å². The molecule has 0 saturated carbocycles. The van der Waals surface area contributed by atoms with Crippen molar-refractivity contribution in [3.63, 3.8) is 0 Å². The van der Waals surface area contributed by atoms with Crippen LogP contribution in [0, 0.1) is 96.9 Å². The molecule has 55 heavy (non-hydrogen) atoms. The van der Waals surface area contributed by atoms with E-state index in [0.29, 0.717) is 0 Å². The summed E-state index contributed by atoms with van der Waals surface area (Å²) in [4.78, 5) is 2.55. The third-order valence-corrected chi connectivity index (χ3v) is 13.6. The Morgan fingerprint density at radius 3 is 1.11 bits per heavy atom. The molecule has 0 fully saturated rings. The molecule has 5 rings (SSSR count). The minimum atomic E-state index is 0.153. The van der Waals surface area contributed by atoms with Crippen molar-refractivity contribution in [2.75, 3.05) is 0 Å². The molecule has 1 heterocycles. The fourth-order valence-corrected chi connectivity index (χ4v) is 11.1. The standard InChI is InChI=1S/C31H35BS3.2C10H14/c1-10-12-26(9)33-28-14-15-29(35-28)34-27(13-11-2)32(30-22(5)16-20(3)17-23(30)6)31-24(7)18-21(4)19-25(31)8;2*1-7-5-8(2)10(4)9(3)6-7/h10-19H,1-2H2,3-9H3;2*5-6H,1-4H3/b26-12-,27-13-;;. The number of benzene rings is 4. The number of hydrogen-bond acceptors (Lipinski definition) is 3. The summed E-state index contributed by atoms with van der Waals surface area (Å²) in [5, 5.41) is 0. The highest BCUT2D eigenvalue weighted by molar-refractivity contribution is 8.08. The molecule has 0 spiro atoms. The van der Waals surface area contributed by atoms with Gasteiger partial charge in [-0.25, -0.2) is 0 Å². The van der Waals surface area contributed by atoms with E-state index in [1.54, 1.807) is 11.8 Å². The third-order valence-electron chi connectivity index (χ3n) is 10.2. The zero-order chi connectivity index (χ0) is 41.1. The highest BCUT2D eigenvalue weighted by Crippen LogP contribution is 2.40. The Balaban J connectivity index is 0.000000327. The second-order valence-corrected chi connectivity index (χ2v) is 19.2. The van der Waals surface area contributed by atoms with Crippen LogP contribution in [-0.4, -0.2) is 6.71 Å². The molecule has 1 aromatic heterocycles. The van der Waals surface area contributed by atoms with Crippen LogP contribution in [0.15, 0.2) is 116 Å². The summed E-state index contributed by atoms with van der Waals surface area (Å²) in [7, 11) is 0. The molecule has 0 bridgehead atoms. The van der Waals surface area contributed by atoms with E-state index in [2.05, 4.69) is 190 Å². The molecule has 0 aliphatic heterocycles. The van der Waals surface area contributed by atoms with Crippen LogP contribution in [0.3, 0.4) is 0 Å². The highest BCUT2D eigenvalue weighted by Gasteiger charge is 2.31. The van der Waals surface area contributed by atoms with Crippen LogP contribution in [0.25, 0.3) is 0 Å². The van der Waals surface area contributed by atoms with E-state index in [1.165, 1.54) is 107 Å². The van der Waals surface area contributed by atoms with Crippen LogP contribution >= 0.6 is 34.9 Å². The molecule has 0 atom stereocenters. The molecule has 0 radical (unpaired) electrons. The Kier molecular flexibility index (Phi) is 17.4. The number of allylic oxidation sites excluding steroid dienone is 5. The van der Waals surface area contributed by atoms with Gasteiger partial charge in [0.15, 0.2) is 0 Å². The summed E-state index contributed by atoms with van der Waals surface area (Å²) < 4.78 is 2.59. The molecular weight excluding hydrogens is 720 g/mol. The Bertz CT molecular complexity index is 2000. The van der Waals surface area contributed by atoms with Crippen LogP contribution in [0.2, 0.25) is 0 Å². The second kappa shape index (κ2) is 21.0. The molecule has 0 unspecified atom stereocenters. The Hall–Kier alpha value is -3.70. The third kappa shape index (κ3) is 12.9. The van der Waals surface area contributed by atoms with Crippen molar-refractivity contribution < 1.29 is 0 Å². The SMILES string of the molecule is C=C/C=C(/C)Sc1ccc(S/C(=C\C=C)B(c2c(C)cc(C)cc2C)c2c(C)cc(C)cc2C)s1.Cc1cc(C)c(C)c(C)c1.Cc1cc(C)c(C)c(C)c1. The number of thioether (sulfide) groups is 2. The summed E-state index contributed by atoms with van der Waals surface area (Å²) in [6, 6.07) is 22.6. The van der Waals surface area contributed by atoms with Crippen molar-refractivity contribution in [1.29, 1.82) is 0 Å². The topological polar surface area (TPSA) is 0 Å². The van der Waals surface area contributed by atoms with Crippen LogP contribution in [-0.2, 0) is 0 Å². The monoisotopic (exact) mass is 782 g/mol. The van der Waals surface area contributed by atoms with E-state index >= 15 is 0 Å². The van der Waals surface area contributed by atoms with Crippen molar-refractivity contribution in [2.24, 2.45) is 0 Å². The van der Waals surface area contributed by atoms with Crippen LogP contribution in [0.5, 0.6) is 0 Å². The molecule has 0 aliphatic rings. The van der Waals surface area contributed by atoms with Crippen LogP contribution in [0.1, 0.15) is 84.8 Å². The lowest BCUT2D eigenvalue weighted by atomic mass is 9.37. The lowest BCUT2D eigenvalue weighted by molar-refractivity contribution is 1.23. The molecule has 0 saturated heterocycles. The first-order valence-electron chi connectivity index (χ1n) is 19.2. The molecule has 4 aromatic carbocycles. The van der Waals surface area contributed by atoms with Gasteiger partial charge in [-0.05, 0) is 159 Å². The van der Waals surface area contributed by atoms with Gasteiger partial charge in [0, 0.05) is 0 Å². The first-order valence-corrected chi connectivity index (χ1v) is 21.6. The smallest absolute Gasteiger partial charge is 0.122 e. The molecule has 288 valence electrons. The van der Waals surface area contributed by atoms with E-state index in [1.807, 2.05) is 35.3 Å². The first kappa shape index (κ1) is 45.7. The predicted molar refractivity (Wildman–Crippen MR) is 255 cm³/mol. The van der Waals surface area contributed by atoms with Crippen molar-refractivity contribution in [3.8, 4) is 0 Å². The Morgan fingerprint density at radius 2 is 0.782 bits per heavy atom. The summed E-state index contributed by atoms with van der Waals surface area (Å²) in [6.07, 6.45) is 8.05. The maximum Gasteiger partial charge on any atom is 0.250 e. The van der Waals surface area contributed by atoms with Crippen molar-refractivity contribution in [3.05, 3.63) is 186 Å². The fraction of sp³-hybridized carbons (Fsp3) is 0.294. The van der Waals surface area contributed by atoms with Crippen LogP contribution < -0.4 is 10.9 Å². The van der Waals surface area contributed by atoms with Gasteiger partial charge in [-0.3, -0.25) is 0 Å². The molecule has 5 aromatic rings. The summed E-state index contributed by atoms with van der Waals surface area (Å²) in [6.45, 7) is 40.8. The molecule has 0 N–H and O–H groups in total. The molecule has 0 amide bonds. The maximum absolute atomic E-state index is 4.09. The molecular formula is C51H63BS3. The number of hydrogen-bond donors (Lipinski definition) is 0. The zero-order valence-corrected chi connectivity index (χ0v) is 38.7. The van der Waals surface area contributed by atoms with Gasteiger partial charge in [0.25, 0.3) is 6.71 Å². The summed E-state index contributed by atoms with van der Waals surface area (Å²) >= 11 is 5.52. The van der Waals surface area contributed by atoms with Crippen molar-refractivity contribution in [1.82, 2.24) is 0 Å². The maximum atomic E-state index is 4.09. The molecule has 0 nitrogen and oxygen atoms in total. The van der Waals surface area contributed by atoms with Gasteiger partial charge in [0.1, 0.15) is 0 Å². The van der Waals surface area contributed by atoms with Gasteiger partial charge in [-0.15, -0.1) is 11.3 Å². The average molecular weight is 783 g/mol. The first-order chi connectivity index (χ1) is 25.9. The van der Waals surface area contributed by atoms with Gasteiger partial charge in [-0.1, -0.05) is 165 Å². The Morgan fingerprint density at radius 1 is 0.473 bits per heavy atom. The van der Waals surface area contributed by atoms with E-state index in [-0.39, 0.29) is 6.71 Å². The van der Waals surface area contributed by atoms with Crippen molar-refractivity contribution >= 4 is 52.5 Å². The predicted octanol–water partition coefficient (Wildman–Crippen LogP) is 14.6. The van der Waals surface area contributed by atoms with E-state index in [0.717, 1.165) is 0 Å². The largest absolute Gasteiger partial charge is 0.250 e. The highest BCUT2D eigenvalue weighted by atomic mass is 32.2. The quantitative estimate of drug-likeness (QED) is 0.0830. The molecule has 4 heteroatoms. The minimum Gasteiger partial charge on any atom is -0.122 e. The van der Waals surface area contributed by atoms with Crippen molar-refractivity contribution in [2.45, 2.75) is 112 Å². The van der Waals surface area contributed by atoms with E-state index in [9.17, 15) is 0 Å². The number of rotatable bonds is 9. The average Bonchev–Trinajstić information content (AvgIpc) is 3.51. The van der Waals surface area contributed by atoms with E-state index < -0.39 is 0 Å². The zero-order valence-electron chi connectivity index (χ0n) is 36.3. The Labute approximate surface area is 348 Å².